The number of halogens is 2. The molecule has 130 valence electrons. The van der Waals surface area contributed by atoms with Crippen LogP contribution in [0.3, 0.4) is 0 Å². The van der Waals surface area contributed by atoms with Crippen LogP contribution >= 0.6 is 0 Å². The Morgan fingerprint density at radius 3 is 2.44 bits per heavy atom. The van der Waals surface area contributed by atoms with Crippen LogP contribution in [-0.2, 0) is 11.3 Å². The van der Waals surface area contributed by atoms with E-state index in [1.807, 2.05) is 30.3 Å². The third kappa shape index (κ3) is 5.38. The fourth-order valence-electron chi connectivity index (χ4n) is 1.97. The van der Waals surface area contributed by atoms with Crippen molar-refractivity contribution < 1.29 is 23.2 Å². The van der Waals surface area contributed by atoms with Crippen LogP contribution < -0.4 is 5.32 Å². The Kier molecular flexibility index (Phi) is 6.16. The molecule has 25 heavy (non-hydrogen) atoms. The first-order chi connectivity index (χ1) is 12.0. The van der Waals surface area contributed by atoms with E-state index < -0.39 is 28.3 Å². The molecule has 0 saturated heterocycles. The summed E-state index contributed by atoms with van der Waals surface area (Å²) < 4.78 is 31.9. The summed E-state index contributed by atoms with van der Waals surface area (Å²) in [6.07, 6.45) is 2.12. The van der Waals surface area contributed by atoms with Crippen LogP contribution in [0.1, 0.15) is 11.1 Å². The van der Waals surface area contributed by atoms with Crippen LogP contribution in [0.2, 0.25) is 0 Å². The molecular formula is C17H14F2N2O4. The lowest BCUT2D eigenvalue weighted by Gasteiger charge is -2.05. The highest BCUT2D eigenvalue weighted by Crippen LogP contribution is 2.23. The van der Waals surface area contributed by atoms with Gasteiger partial charge in [0.15, 0.2) is 0 Å². The number of nitrogens with one attached hydrogen (secondary N) is 1. The van der Waals surface area contributed by atoms with E-state index in [9.17, 15) is 23.7 Å². The fraction of sp³-hybridized carbons (Fsp3) is 0.118. The lowest BCUT2D eigenvalue weighted by molar-refractivity contribution is -0.390. The molecule has 1 amide bonds. The maximum atomic E-state index is 13.5. The number of nitro benzene ring substituents is 1. The number of carbonyl (C=O) groups is 1. The molecule has 6 nitrogen and oxygen atoms in total. The molecule has 0 heterocycles. The van der Waals surface area contributed by atoms with Crippen LogP contribution in [0.25, 0.3) is 6.08 Å². The SMILES string of the molecule is O=C(NCC=Cc1cc(F)c([N+](=O)[O-])c(F)c1)OCc1ccccc1. The summed E-state index contributed by atoms with van der Waals surface area (Å²) in [4.78, 5) is 20.9. The maximum absolute atomic E-state index is 13.5. The Balaban J connectivity index is 1.83. The van der Waals surface area contributed by atoms with Gasteiger partial charge in [0.25, 0.3) is 0 Å². The molecule has 0 aliphatic carbocycles. The molecule has 0 radical (unpaired) electrons. The number of rotatable bonds is 6. The second kappa shape index (κ2) is 8.53. The number of ether oxygens (including phenoxy) is 1. The Hall–Kier alpha value is -3.29. The average Bonchev–Trinajstić information content (AvgIpc) is 2.57. The maximum Gasteiger partial charge on any atom is 0.407 e. The Bertz CT molecular complexity index is 771. The average molecular weight is 348 g/mol. The third-order valence-electron chi connectivity index (χ3n) is 3.11. The number of nitrogens with zero attached hydrogens (tertiary/aromatic N) is 1. The van der Waals surface area contributed by atoms with Crippen LogP contribution in [0, 0.1) is 21.7 Å². The zero-order valence-corrected chi connectivity index (χ0v) is 12.9. The molecule has 2 rings (SSSR count). The van der Waals surface area contributed by atoms with Gasteiger partial charge in [-0.1, -0.05) is 42.5 Å². The number of amides is 1. The van der Waals surface area contributed by atoms with Gasteiger partial charge in [-0.25, -0.2) is 4.79 Å². The minimum Gasteiger partial charge on any atom is -0.445 e. The van der Waals surface area contributed by atoms with Crippen molar-refractivity contribution in [1.29, 1.82) is 0 Å². The van der Waals surface area contributed by atoms with Crippen molar-refractivity contribution in [2.24, 2.45) is 0 Å². The highest BCUT2D eigenvalue weighted by molar-refractivity contribution is 5.67. The van der Waals surface area contributed by atoms with E-state index in [1.165, 1.54) is 12.2 Å². The van der Waals surface area contributed by atoms with Crippen molar-refractivity contribution in [3.05, 3.63) is 81.4 Å². The van der Waals surface area contributed by atoms with Gasteiger partial charge in [-0.05, 0) is 23.3 Å². The smallest absolute Gasteiger partial charge is 0.407 e. The van der Waals surface area contributed by atoms with E-state index in [4.69, 9.17) is 4.74 Å². The summed E-state index contributed by atoms with van der Waals surface area (Å²) in [6, 6.07) is 10.8. The van der Waals surface area contributed by atoms with Gasteiger partial charge in [0.1, 0.15) is 6.61 Å². The molecule has 0 aliphatic heterocycles. The largest absolute Gasteiger partial charge is 0.445 e. The molecule has 0 spiro atoms. The first-order valence-corrected chi connectivity index (χ1v) is 7.22. The first kappa shape index (κ1) is 18.1. The monoisotopic (exact) mass is 348 g/mol. The zero-order chi connectivity index (χ0) is 18.2. The van der Waals surface area contributed by atoms with E-state index in [0.29, 0.717) is 0 Å². The molecule has 0 saturated carbocycles. The number of hydrogen-bond acceptors (Lipinski definition) is 4. The van der Waals surface area contributed by atoms with Gasteiger partial charge in [-0.3, -0.25) is 10.1 Å². The van der Waals surface area contributed by atoms with Crippen molar-refractivity contribution in [3.8, 4) is 0 Å². The molecule has 0 unspecified atom stereocenters. The number of alkyl carbamates (subject to hydrolysis) is 1. The van der Waals surface area contributed by atoms with Gasteiger partial charge >= 0.3 is 11.8 Å². The standard InChI is InChI=1S/C17H14F2N2O4/c18-14-9-13(10-15(19)16(14)21(23)24)7-4-8-20-17(22)25-11-12-5-2-1-3-6-12/h1-7,9-10H,8,11H2,(H,20,22). The molecule has 8 heteroatoms. The summed E-state index contributed by atoms with van der Waals surface area (Å²) in [5, 5.41) is 12.9. The van der Waals surface area contributed by atoms with Crippen LogP contribution in [-0.4, -0.2) is 17.6 Å². The normalized spacial score (nSPS) is 10.6. The van der Waals surface area contributed by atoms with E-state index >= 15 is 0 Å². The molecule has 0 aromatic heterocycles. The summed E-state index contributed by atoms with van der Waals surface area (Å²) in [6.45, 7) is 0.184. The molecular weight excluding hydrogens is 334 g/mol. The van der Waals surface area contributed by atoms with E-state index in [-0.39, 0.29) is 18.7 Å². The lowest BCUT2D eigenvalue weighted by atomic mass is 10.1. The van der Waals surface area contributed by atoms with Crippen molar-refractivity contribution in [3.63, 3.8) is 0 Å². The predicted molar refractivity (Wildman–Crippen MR) is 86.7 cm³/mol. The van der Waals surface area contributed by atoms with Crippen molar-refractivity contribution in [2.75, 3.05) is 6.54 Å². The van der Waals surface area contributed by atoms with Crippen LogP contribution in [0.4, 0.5) is 19.3 Å². The minimum atomic E-state index is -1.26. The summed E-state index contributed by atoms with van der Waals surface area (Å²) in [5.74, 6) is -2.53. The van der Waals surface area contributed by atoms with Gasteiger partial charge in [0.2, 0.25) is 11.6 Å². The molecule has 0 fully saturated rings. The van der Waals surface area contributed by atoms with Gasteiger partial charge in [0.05, 0.1) is 4.92 Å². The summed E-state index contributed by atoms with van der Waals surface area (Å²) in [5.41, 5.74) is -0.259. The van der Waals surface area contributed by atoms with Crippen LogP contribution in [0.15, 0.2) is 48.5 Å². The van der Waals surface area contributed by atoms with Gasteiger partial charge < -0.3 is 10.1 Å². The van der Waals surface area contributed by atoms with Crippen molar-refractivity contribution in [1.82, 2.24) is 5.32 Å². The molecule has 2 aromatic carbocycles. The number of nitro groups is 1. The number of hydrogen-bond donors (Lipinski definition) is 1. The topological polar surface area (TPSA) is 81.5 Å². The Morgan fingerprint density at radius 1 is 1.20 bits per heavy atom. The molecule has 2 aromatic rings. The third-order valence-corrected chi connectivity index (χ3v) is 3.11. The molecule has 0 bridgehead atoms. The quantitative estimate of drug-likeness (QED) is 0.636. The Labute approximate surface area is 141 Å². The van der Waals surface area contributed by atoms with Gasteiger partial charge in [-0.2, -0.15) is 8.78 Å². The molecule has 1 N–H and O–H groups in total. The predicted octanol–water partition coefficient (Wildman–Crippen LogP) is 3.81. The van der Waals surface area contributed by atoms with E-state index in [0.717, 1.165) is 17.7 Å². The number of benzene rings is 2. The van der Waals surface area contributed by atoms with E-state index in [1.54, 1.807) is 0 Å². The van der Waals surface area contributed by atoms with Gasteiger partial charge in [-0.15, -0.1) is 0 Å². The highest BCUT2D eigenvalue weighted by Gasteiger charge is 2.21. The van der Waals surface area contributed by atoms with Crippen molar-refractivity contribution >= 4 is 17.9 Å². The summed E-state index contributed by atoms with van der Waals surface area (Å²) in [7, 11) is 0. The number of carbonyl (C=O) groups excluding carboxylic acids is 1. The highest BCUT2D eigenvalue weighted by atomic mass is 19.1. The zero-order valence-electron chi connectivity index (χ0n) is 12.9. The molecule has 0 atom stereocenters. The lowest BCUT2D eigenvalue weighted by Crippen LogP contribution is -2.24. The summed E-state index contributed by atoms with van der Waals surface area (Å²) >= 11 is 0. The first-order valence-electron chi connectivity index (χ1n) is 7.22. The second-order valence-corrected chi connectivity index (χ2v) is 4.94. The minimum absolute atomic E-state index is 0.0633. The van der Waals surface area contributed by atoms with Crippen molar-refractivity contribution in [2.45, 2.75) is 6.61 Å². The van der Waals surface area contributed by atoms with Gasteiger partial charge in [0, 0.05) is 6.54 Å². The Morgan fingerprint density at radius 2 is 1.84 bits per heavy atom. The fourth-order valence-corrected chi connectivity index (χ4v) is 1.97. The van der Waals surface area contributed by atoms with Crippen LogP contribution in [0.5, 0.6) is 0 Å². The second-order valence-electron chi connectivity index (χ2n) is 4.94. The van der Waals surface area contributed by atoms with E-state index in [2.05, 4.69) is 5.32 Å². The molecule has 0 aliphatic rings.